The molecule has 0 saturated heterocycles. The van der Waals surface area contributed by atoms with E-state index in [-0.39, 0.29) is 0 Å². The van der Waals surface area contributed by atoms with Crippen LogP contribution in [0, 0.1) is 5.92 Å². The first-order chi connectivity index (χ1) is 9.33. The lowest BCUT2D eigenvalue weighted by Crippen LogP contribution is -2.29. The maximum atomic E-state index is 6.05. The Labute approximate surface area is 120 Å². The summed E-state index contributed by atoms with van der Waals surface area (Å²) in [6.45, 7) is 4.12. The van der Waals surface area contributed by atoms with Crippen LogP contribution in [0.4, 0.5) is 5.69 Å². The van der Waals surface area contributed by atoms with Gasteiger partial charge in [-0.3, -0.25) is 0 Å². The minimum atomic E-state index is 0.659. The molecule has 0 aliphatic heterocycles. The van der Waals surface area contributed by atoms with E-state index in [0.717, 1.165) is 17.7 Å². The summed E-state index contributed by atoms with van der Waals surface area (Å²) >= 11 is 1.92. The van der Waals surface area contributed by atoms with Crippen molar-refractivity contribution >= 4 is 17.4 Å². The zero-order valence-electron chi connectivity index (χ0n) is 11.8. The summed E-state index contributed by atoms with van der Waals surface area (Å²) in [4.78, 5) is 4.03. The van der Waals surface area contributed by atoms with Crippen molar-refractivity contribution in [1.82, 2.24) is 0 Å². The van der Waals surface area contributed by atoms with E-state index in [4.69, 9.17) is 5.73 Å². The van der Waals surface area contributed by atoms with Crippen LogP contribution < -0.4 is 10.6 Å². The molecule has 0 atom stereocenters. The number of nitrogens with two attached hydrogens (primary N) is 1. The Hall–Kier alpha value is -0.670. The Morgan fingerprint density at radius 2 is 2.05 bits per heavy atom. The SMILES string of the molecule is CCSc1cccc(N(CC2CC2)C2CC2)c1CN. The summed E-state index contributed by atoms with van der Waals surface area (Å²) in [5, 5.41) is 0. The molecule has 0 heterocycles. The van der Waals surface area contributed by atoms with E-state index in [0.29, 0.717) is 6.54 Å². The number of thioether (sulfide) groups is 1. The van der Waals surface area contributed by atoms with Crippen molar-refractivity contribution in [1.29, 1.82) is 0 Å². The van der Waals surface area contributed by atoms with Crippen LogP contribution in [-0.2, 0) is 6.54 Å². The van der Waals surface area contributed by atoms with Gasteiger partial charge in [0.25, 0.3) is 0 Å². The van der Waals surface area contributed by atoms with Gasteiger partial charge in [0.1, 0.15) is 0 Å². The van der Waals surface area contributed by atoms with E-state index in [1.165, 1.54) is 48.4 Å². The van der Waals surface area contributed by atoms with Gasteiger partial charge in [-0.25, -0.2) is 0 Å². The van der Waals surface area contributed by atoms with E-state index in [2.05, 4.69) is 30.0 Å². The average molecular weight is 276 g/mol. The van der Waals surface area contributed by atoms with Crippen LogP contribution in [0.15, 0.2) is 23.1 Å². The first-order valence-electron chi connectivity index (χ1n) is 7.54. The highest BCUT2D eigenvalue weighted by atomic mass is 32.2. The lowest BCUT2D eigenvalue weighted by atomic mass is 10.1. The minimum absolute atomic E-state index is 0.659. The third-order valence-corrected chi connectivity index (χ3v) is 5.04. The molecule has 104 valence electrons. The summed E-state index contributed by atoms with van der Waals surface area (Å²) in [7, 11) is 0. The molecule has 2 fully saturated rings. The molecule has 1 aromatic rings. The number of anilines is 1. The molecule has 3 rings (SSSR count). The topological polar surface area (TPSA) is 29.3 Å². The molecular formula is C16H24N2S. The highest BCUT2D eigenvalue weighted by Crippen LogP contribution is 2.40. The van der Waals surface area contributed by atoms with Crippen LogP contribution in [0.3, 0.4) is 0 Å². The van der Waals surface area contributed by atoms with Crippen LogP contribution >= 0.6 is 11.8 Å². The normalized spacial score (nSPS) is 18.6. The molecular weight excluding hydrogens is 252 g/mol. The molecule has 0 radical (unpaired) electrons. The van der Waals surface area contributed by atoms with Crippen LogP contribution in [0.1, 0.15) is 38.2 Å². The van der Waals surface area contributed by atoms with Crippen LogP contribution in [0.25, 0.3) is 0 Å². The maximum Gasteiger partial charge on any atom is 0.0425 e. The van der Waals surface area contributed by atoms with Gasteiger partial charge in [-0.2, -0.15) is 0 Å². The number of nitrogens with zero attached hydrogens (tertiary/aromatic N) is 1. The molecule has 2 aliphatic carbocycles. The zero-order chi connectivity index (χ0) is 13.2. The van der Waals surface area contributed by atoms with E-state index in [9.17, 15) is 0 Å². The van der Waals surface area contributed by atoms with Crippen LogP contribution in [0.2, 0.25) is 0 Å². The Morgan fingerprint density at radius 1 is 1.26 bits per heavy atom. The predicted octanol–water partition coefficient (Wildman–Crippen LogP) is 3.64. The average Bonchev–Trinajstić information content (AvgIpc) is 3.28. The molecule has 19 heavy (non-hydrogen) atoms. The van der Waals surface area contributed by atoms with Crippen LogP contribution in [-0.4, -0.2) is 18.3 Å². The molecule has 0 aromatic heterocycles. The van der Waals surface area contributed by atoms with Crippen LogP contribution in [0.5, 0.6) is 0 Å². The lowest BCUT2D eigenvalue weighted by Gasteiger charge is -2.28. The highest BCUT2D eigenvalue weighted by molar-refractivity contribution is 7.99. The molecule has 0 bridgehead atoms. The van der Waals surface area contributed by atoms with E-state index in [1.807, 2.05) is 11.8 Å². The molecule has 3 heteroatoms. The van der Waals surface area contributed by atoms with Crippen molar-refractivity contribution in [2.24, 2.45) is 11.7 Å². The van der Waals surface area contributed by atoms with Crippen molar-refractivity contribution < 1.29 is 0 Å². The monoisotopic (exact) mass is 276 g/mol. The fourth-order valence-electron chi connectivity index (χ4n) is 2.73. The third-order valence-electron chi connectivity index (χ3n) is 4.06. The largest absolute Gasteiger partial charge is 0.368 e. The smallest absolute Gasteiger partial charge is 0.0425 e. The Bertz CT molecular complexity index is 438. The highest BCUT2D eigenvalue weighted by Gasteiger charge is 2.34. The minimum Gasteiger partial charge on any atom is -0.368 e. The van der Waals surface area contributed by atoms with Gasteiger partial charge in [-0.15, -0.1) is 11.8 Å². The fourth-order valence-corrected chi connectivity index (χ4v) is 3.58. The summed E-state index contributed by atoms with van der Waals surface area (Å²) in [5.74, 6) is 2.05. The first kappa shape index (κ1) is 13.3. The van der Waals surface area contributed by atoms with Crippen molar-refractivity contribution in [3.05, 3.63) is 23.8 Å². The van der Waals surface area contributed by atoms with Gasteiger partial charge in [0.15, 0.2) is 0 Å². The summed E-state index contributed by atoms with van der Waals surface area (Å²) < 4.78 is 0. The number of hydrogen-bond donors (Lipinski definition) is 1. The van der Waals surface area contributed by atoms with Crippen molar-refractivity contribution in [2.45, 2.75) is 50.1 Å². The second kappa shape index (κ2) is 5.76. The summed E-state index contributed by atoms with van der Waals surface area (Å²) in [6, 6.07) is 7.49. The van der Waals surface area contributed by atoms with Gasteiger partial charge in [0, 0.05) is 35.3 Å². The molecule has 0 spiro atoms. The van der Waals surface area contributed by atoms with E-state index in [1.54, 1.807) is 0 Å². The molecule has 2 N–H and O–H groups in total. The van der Waals surface area contributed by atoms with Gasteiger partial charge in [0.05, 0.1) is 0 Å². The van der Waals surface area contributed by atoms with Gasteiger partial charge < -0.3 is 10.6 Å². The van der Waals surface area contributed by atoms with E-state index < -0.39 is 0 Å². The molecule has 2 saturated carbocycles. The molecule has 0 amide bonds. The standard InChI is InChI=1S/C16H24N2S/c1-2-19-16-5-3-4-15(14(16)10-17)18(13-8-9-13)11-12-6-7-12/h3-5,12-13H,2,6-11,17H2,1H3. The van der Waals surface area contributed by atoms with E-state index >= 15 is 0 Å². The molecule has 2 aliphatic rings. The van der Waals surface area contributed by atoms with Gasteiger partial charge in [-0.1, -0.05) is 13.0 Å². The summed E-state index contributed by atoms with van der Waals surface area (Å²) in [5.41, 5.74) is 8.82. The Morgan fingerprint density at radius 3 is 2.63 bits per heavy atom. The third kappa shape index (κ3) is 3.09. The molecule has 0 unspecified atom stereocenters. The second-order valence-corrected chi connectivity index (χ2v) is 7.02. The predicted molar refractivity (Wildman–Crippen MR) is 83.8 cm³/mol. The summed E-state index contributed by atoms with van der Waals surface area (Å²) in [6.07, 6.45) is 5.57. The number of rotatable bonds is 7. The second-order valence-electron chi connectivity index (χ2n) is 5.72. The van der Waals surface area contributed by atoms with Gasteiger partial charge in [0.2, 0.25) is 0 Å². The van der Waals surface area contributed by atoms with Crippen molar-refractivity contribution in [2.75, 3.05) is 17.2 Å². The molecule has 2 nitrogen and oxygen atoms in total. The van der Waals surface area contributed by atoms with Gasteiger partial charge >= 0.3 is 0 Å². The fraction of sp³-hybridized carbons (Fsp3) is 0.625. The van der Waals surface area contributed by atoms with Gasteiger partial charge in [-0.05, 0) is 49.5 Å². The maximum absolute atomic E-state index is 6.05. The van der Waals surface area contributed by atoms with Crippen molar-refractivity contribution in [3.8, 4) is 0 Å². The lowest BCUT2D eigenvalue weighted by molar-refractivity contribution is 0.713. The Balaban J connectivity index is 1.89. The number of benzene rings is 1. The zero-order valence-corrected chi connectivity index (χ0v) is 12.6. The molecule has 1 aromatic carbocycles. The first-order valence-corrected chi connectivity index (χ1v) is 8.53. The number of hydrogen-bond acceptors (Lipinski definition) is 3. The Kier molecular flexibility index (Phi) is 4.04. The quantitative estimate of drug-likeness (QED) is 0.771. The van der Waals surface area contributed by atoms with Crippen molar-refractivity contribution in [3.63, 3.8) is 0 Å².